The molecule has 0 aliphatic carbocycles. The van der Waals surface area contributed by atoms with E-state index < -0.39 is 6.10 Å². The summed E-state index contributed by atoms with van der Waals surface area (Å²) in [5, 5.41) is 16.0. The highest BCUT2D eigenvalue weighted by atomic mass is 35.5. The van der Waals surface area contributed by atoms with E-state index in [1.165, 1.54) is 6.20 Å². The van der Waals surface area contributed by atoms with Crippen LogP contribution in [0.15, 0.2) is 24.4 Å². The van der Waals surface area contributed by atoms with Crippen LogP contribution >= 0.6 is 34.8 Å². The van der Waals surface area contributed by atoms with Gasteiger partial charge in [0.2, 0.25) is 0 Å². The van der Waals surface area contributed by atoms with Crippen molar-refractivity contribution in [2.45, 2.75) is 26.0 Å². The van der Waals surface area contributed by atoms with Gasteiger partial charge in [0.25, 0.3) is 0 Å². The van der Waals surface area contributed by atoms with Gasteiger partial charge in [0, 0.05) is 23.0 Å². The molecule has 3 nitrogen and oxygen atoms in total. The summed E-state index contributed by atoms with van der Waals surface area (Å²) in [5.41, 5.74) is 1.42. The smallest absolute Gasteiger partial charge is 0.101 e. The van der Waals surface area contributed by atoms with E-state index in [9.17, 15) is 5.11 Å². The second-order valence-corrected chi connectivity index (χ2v) is 5.40. The highest BCUT2D eigenvalue weighted by Gasteiger charge is 2.19. The Hall–Kier alpha value is -0.740. The third-order valence-corrected chi connectivity index (χ3v) is 3.75. The first-order valence-corrected chi connectivity index (χ1v) is 6.99. The zero-order chi connectivity index (χ0) is 14.0. The van der Waals surface area contributed by atoms with E-state index in [2.05, 4.69) is 5.10 Å². The van der Waals surface area contributed by atoms with Crippen LogP contribution in [0.3, 0.4) is 0 Å². The number of aryl methyl sites for hydroxylation is 1. The monoisotopic (exact) mass is 318 g/mol. The summed E-state index contributed by atoms with van der Waals surface area (Å²) >= 11 is 18.0. The SMILES string of the molecule is CCn1ncc(Cl)c1C(O)Cc1ccc(Cl)cc1Cl. The zero-order valence-electron chi connectivity index (χ0n) is 10.3. The van der Waals surface area contributed by atoms with Gasteiger partial charge in [-0.15, -0.1) is 0 Å². The van der Waals surface area contributed by atoms with E-state index in [0.29, 0.717) is 33.7 Å². The molecule has 6 heteroatoms. The van der Waals surface area contributed by atoms with Gasteiger partial charge in [-0.3, -0.25) is 4.68 Å². The molecule has 0 fully saturated rings. The molecule has 1 aromatic heterocycles. The Bertz CT molecular complexity index is 583. The van der Waals surface area contributed by atoms with Crippen molar-refractivity contribution in [2.24, 2.45) is 0 Å². The van der Waals surface area contributed by atoms with E-state index in [1.807, 2.05) is 6.92 Å². The Morgan fingerprint density at radius 3 is 2.63 bits per heavy atom. The molecular formula is C13H13Cl3N2O. The number of benzene rings is 1. The molecule has 0 saturated carbocycles. The van der Waals surface area contributed by atoms with Crippen molar-refractivity contribution < 1.29 is 5.11 Å². The molecule has 0 aliphatic heterocycles. The zero-order valence-corrected chi connectivity index (χ0v) is 12.5. The van der Waals surface area contributed by atoms with Gasteiger partial charge >= 0.3 is 0 Å². The van der Waals surface area contributed by atoms with E-state index in [1.54, 1.807) is 22.9 Å². The molecule has 102 valence electrons. The van der Waals surface area contributed by atoms with Crippen molar-refractivity contribution in [1.29, 1.82) is 0 Å². The van der Waals surface area contributed by atoms with Crippen molar-refractivity contribution in [2.75, 3.05) is 0 Å². The molecule has 1 heterocycles. The molecule has 0 saturated heterocycles. The number of nitrogens with zero attached hydrogens (tertiary/aromatic N) is 2. The number of rotatable bonds is 4. The Morgan fingerprint density at radius 2 is 2.00 bits per heavy atom. The number of hydrogen-bond donors (Lipinski definition) is 1. The Kier molecular flexibility index (Phi) is 4.74. The number of aromatic nitrogens is 2. The summed E-state index contributed by atoms with van der Waals surface area (Å²) < 4.78 is 1.68. The molecule has 0 amide bonds. The maximum absolute atomic E-state index is 10.3. The van der Waals surface area contributed by atoms with Crippen molar-refractivity contribution in [3.63, 3.8) is 0 Å². The highest BCUT2D eigenvalue weighted by molar-refractivity contribution is 6.35. The van der Waals surface area contributed by atoms with Gasteiger partial charge in [-0.05, 0) is 24.6 Å². The lowest BCUT2D eigenvalue weighted by atomic mass is 10.1. The lowest BCUT2D eigenvalue weighted by molar-refractivity contribution is 0.167. The normalized spacial score (nSPS) is 12.7. The molecule has 1 N–H and O–H groups in total. The number of aliphatic hydroxyl groups is 1. The molecule has 2 rings (SSSR count). The Balaban J connectivity index is 2.25. The summed E-state index contributed by atoms with van der Waals surface area (Å²) in [5.74, 6) is 0. The van der Waals surface area contributed by atoms with E-state index in [-0.39, 0.29) is 0 Å². The molecule has 1 atom stereocenters. The fraction of sp³-hybridized carbons (Fsp3) is 0.308. The van der Waals surface area contributed by atoms with Crippen molar-refractivity contribution in [3.8, 4) is 0 Å². The highest BCUT2D eigenvalue weighted by Crippen LogP contribution is 2.29. The van der Waals surface area contributed by atoms with Gasteiger partial charge in [0.05, 0.1) is 16.9 Å². The van der Waals surface area contributed by atoms with Crippen LogP contribution in [0.5, 0.6) is 0 Å². The topological polar surface area (TPSA) is 38.0 Å². The van der Waals surface area contributed by atoms with Gasteiger partial charge in [0.15, 0.2) is 0 Å². The first-order valence-electron chi connectivity index (χ1n) is 5.86. The van der Waals surface area contributed by atoms with Crippen LogP contribution in [-0.2, 0) is 13.0 Å². The molecule has 1 aromatic carbocycles. The number of halogens is 3. The molecule has 19 heavy (non-hydrogen) atoms. The summed E-state index contributed by atoms with van der Waals surface area (Å²) in [4.78, 5) is 0. The van der Waals surface area contributed by atoms with Gasteiger partial charge in [0.1, 0.15) is 6.10 Å². The van der Waals surface area contributed by atoms with Gasteiger partial charge in [-0.1, -0.05) is 40.9 Å². The van der Waals surface area contributed by atoms with Crippen LogP contribution in [0.2, 0.25) is 15.1 Å². The molecule has 0 radical (unpaired) electrons. The lowest BCUT2D eigenvalue weighted by Gasteiger charge is -2.14. The maximum Gasteiger partial charge on any atom is 0.101 e. The van der Waals surface area contributed by atoms with Crippen LogP contribution < -0.4 is 0 Å². The minimum absolute atomic E-state index is 0.363. The lowest BCUT2D eigenvalue weighted by Crippen LogP contribution is -2.10. The minimum atomic E-state index is -0.756. The molecular weight excluding hydrogens is 307 g/mol. The van der Waals surface area contributed by atoms with Crippen molar-refractivity contribution >= 4 is 34.8 Å². The first kappa shape index (κ1) is 14.7. The van der Waals surface area contributed by atoms with Gasteiger partial charge in [-0.25, -0.2) is 0 Å². The van der Waals surface area contributed by atoms with Crippen LogP contribution in [0.4, 0.5) is 0 Å². The van der Waals surface area contributed by atoms with Crippen LogP contribution in [0.25, 0.3) is 0 Å². The van der Waals surface area contributed by atoms with Gasteiger partial charge in [-0.2, -0.15) is 5.10 Å². The van der Waals surface area contributed by atoms with Gasteiger partial charge < -0.3 is 5.11 Å². The standard InChI is InChI=1S/C13H13Cl3N2O/c1-2-18-13(11(16)7-17-18)12(19)5-8-3-4-9(14)6-10(8)15/h3-4,6-7,12,19H,2,5H2,1H3. The second-order valence-electron chi connectivity index (χ2n) is 4.15. The summed E-state index contributed by atoms with van der Waals surface area (Å²) in [7, 11) is 0. The molecule has 0 bridgehead atoms. The van der Waals surface area contributed by atoms with Crippen molar-refractivity contribution in [3.05, 3.63) is 50.7 Å². The maximum atomic E-state index is 10.3. The average molecular weight is 320 g/mol. The molecule has 2 aromatic rings. The molecule has 0 spiro atoms. The van der Waals surface area contributed by atoms with E-state index in [4.69, 9.17) is 34.8 Å². The van der Waals surface area contributed by atoms with Crippen molar-refractivity contribution in [1.82, 2.24) is 9.78 Å². The largest absolute Gasteiger partial charge is 0.386 e. The third-order valence-electron chi connectivity index (χ3n) is 2.88. The Labute approximate surface area is 126 Å². The summed E-state index contributed by atoms with van der Waals surface area (Å²) in [6, 6.07) is 5.20. The van der Waals surface area contributed by atoms with E-state index in [0.717, 1.165) is 5.56 Å². The third kappa shape index (κ3) is 3.23. The molecule has 1 unspecified atom stereocenters. The minimum Gasteiger partial charge on any atom is -0.386 e. The summed E-state index contributed by atoms with van der Waals surface area (Å²) in [6.45, 7) is 2.59. The predicted octanol–water partition coefficient (Wildman–Crippen LogP) is 4.14. The Morgan fingerprint density at radius 1 is 1.26 bits per heavy atom. The number of aliphatic hydroxyl groups excluding tert-OH is 1. The fourth-order valence-electron chi connectivity index (χ4n) is 1.95. The van der Waals surface area contributed by atoms with Crippen LogP contribution in [0.1, 0.15) is 24.3 Å². The van der Waals surface area contributed by atoms with Crippen LogP contribution in [0, 0.1) is 0 Å². The molecule has 0 aliphatic rings. The predicted molar refractivity (Wildman–Crippen MR) is 78.0 cm³/mol. The fourth-order valence-corrected chi connectivity index (χ4v) is 2.70. The average Bonchev–Trinajstić information content (AvgIpc) is 2.74. The van der Waals surface area contributed by atoms with E-state index >= 15 is 0 Å². The summed E-state index contributed by atoms with van der Waals surface area (Å²) in [6.07, 6.45) is 1.14. The first-order chi connectivity index (χ1) is 9.02. The number of hydrogen-bond acceptors (Lipinski definition) is 2. The van der Waals surface area contributed by atoms with Crippen LogP contribution in [-0.4, -0.2) is 14.9 Å². The second kappa shape index (κ2) is 6.14. The quantitative estimate of drug-likeness (QED) is 0.919.